The lowest BCUT2D eigenvalue weighted by Gasteiger charge is -2.39. The van der Waals surface area contributed by atoms with Crippen LogP contribution in [-0.2, 0) is 7.05 Å². The summed E-state index contributed by atoms with van der Waals surface area (Å²) >= 11 is 0. The molecule has 2 aliphatic rings. The number of fused-ring (bicyclic) bond motifs is 3. The molecule has 0 radical (unpaired) electrons. The van der Waals surface area contributed by atoms with Crippen molar-refractivity contribution in [1.82, 2.24) is 25.1 Å². The first-order valence-corrected chi connectivity index (χ1v) is 11.6. The lowest BCUT2D eigenvalue weighted by molar-refractivity contribution is 0.226. The predicted molar refractivity (Wildman–Crippen MR) is 127 cm³/mol. The Morgan fingerprint density at radius 3 is 2.33 bits per heavy atom. The zero-order valence-electron chi connectivity index (χ0n) is 19.7. The molecular formula is C25H30N6O2. The molecule has 8 nitrogen and oxygen atoms in total. The predicted octanol–water partition coefficient (Wildman–Crippen LogP) is 3.31. The Balaban J connectivity index is 1.60. The summed E-state index contributed by atoms with van der Waals surface area (Å²) in [6.45, 7) is 7.24. The molecule has 2 aromatic carbocycles. The molecule has 33 heavy (non-hydrogen) atoms. The Morgan fingerprint density at radius 2 is 1.67 bits per heavy atom. The van der Waals surface area contributed by atoms with Crippen LogP contribution in [0.2, 0.25) is 0 Å². The van der Waals surface area contributed by atoms with E-state index in [2.05, 4.69) is 51.6 Å². The summed E-state index contributed by atoms with van der Waals surface area (Å²) in [7, 11) is 3.95. The van der Waals surface area contributed by atoms with Gasteiger partial charge in [0.2, 0.25) is 5.82 Å². The Kier molecular flexibility index (Phi) is 5.85. The average molecular weight is 447 g/mol. The largest absolute Gasteiger partial charge is 0.490 e. The first-order valence-electron chi connectivity index (χ1n) is 11.6. The zero-order chi connectivity index (χ0) is 22.9. The van der Waals surface area contributed by atoms with Gasteiger partial charge in [-0.15, -0.1) is 10.2 Å². The molecule has 1 fully saturated rings. The summed E-state index contributed by atoms with van der Waals surface area (Å²) in [6.07, 6.45) is 1.04. The molecule has 2 atom stereocenters. The number of rotatable bonds is 6. The molecule has 0 amide bonds. The van der Waals surface area contributed by atoms with Crippen molar-refractivity contribution in [3.63, 3.8) is 0 Å². The van der Waals surface area contributed by atoms with Crippen LogP contribution in [0.4, 0.5) is 0 Å². The van der Waals surface area contributed by atoms with E-state index in [9.17, 15) is 0 Å². The normalized spacial score (nSPS) is 20.1. The number of hydrogen-bond acceptors (Lipinski definition) is 7. The third-order valence-electron chi connectivity index (χ3n) is 6.37. The van der Waals surface area contributed by atoms with Crippen molar-refractivity contribution in [3.8, 4) is 22.9 Å². The van der Waals surface area contributed by atoms with Crippen LogP contribution in [0.15, 0.2) is 41.4 Å². The maximum Gasteiger partial charge on any atom is 0.204 e. The summed E-state index contributed by atoms with van der Waals surface area (Å²) in [5.74, 6) is 2.55. The second-order valence-corrected chi connectivity index (χ2v) is 8.63. The Labute approximate surface area is 194 Å². The van der Waals surface area contributed by atoms with Crippen LogP contribution in [0.1, 0.15) is 42.9 Å². The van der Waals surface area contributed by atoms with E-state index in [0.717, 1.165) is 53.4 Å². The van der Waals surface area contributed by atoms with Crippen molar-refractivity contribution in [3.05, 3.63) is 53.1 Å². The fraction of sp³-hybridized carbons (Fsp3) is 0.440. The van der Waals surface area contributed by atoms with Crippen LogP contribution >= 0.6 is 0 Å². The Hall–Kier alpha value is -3.26. The first kappa shape index (κ1) is 21.6. The summed E-state index contributed by atoms with van der Waals surface area (Å²) in [6, 6.07) is 12.8. The number of hydrogen-bond donors (Lipinski definition) is 0. The molecule has 172 valence electrons. The number of likely N-dealkylation sites (tertiary alicyclic amines) is 1. The second kappa shape index (κ2) is 8.94. The quantitative estimate of drug-likeness (QED) is 0.578. The molecule has 2 aliphatic heterocycles. The monoisotopic (exact) mass is 446 g/mol. The summed E-state index contributed by atoms with van der Waals surface area (Å²) in [4.78, 5) is 9.14. The molecule has 0 bridgehead atoms. The van der Waals surface area contributed by atoms with Crippen LogP contribution in [0.3, 0.4) is 0 Å². The van der Waals surface area contributed by atoms with Crippen LogP contribution in [0, 0.1) is 0 Å². The molecule has 3 heterocycles. The molecule has 5 rings (SSSR count). The van der Waals surface area contributed by atoms with E-state index in [-0.39, 0.29) is 6.04 Å². The third-order valence-corrected chi connectivity index (χ3v) is 6.37. The topological polar surface area (TPSA) is 77.7 Å². The minimum atomic E-state index is 0.262. The molecule has 0 saturated carbocycles. The van der Waals surface area contributed by atoms with Gasteiger partial charge in [-0.3, -0.25) is 4.99 Å². The van der Waals surface area contributed by atoms with Crippen LogP contribution in [0.5, 0.6) is 11.5 Å². The van der Waals surface area contributed by atoms with Crippen LogP contribution in [0.25, 0.3) is 11.4 Å². The smallest absolute Gasteiger partial charge is 0.204 e. The summed E-state index contributed by atoms with van der Waals surface area (Å²) in [5.41, 5.74) is 5.45. The number of piperidine rings is 1. The van der Waals surface area contributed by atoms with Gasteiger partial charge in [0.15, 0.2) is 11.5 Å². The second-order valence-electron chi connectivity index (χ2n) is 8.63. The first-order chi connectivity index (χ1) is 16.1. The van der Waals surface area contributed by atoms with Crippen molar-refractivity contribution in [2.75, 3.05) is 33.4 Å². The van der Waals surface area contributed by atoms with Crippen LogP contribution in [-0.4, -0.2) is 70.2 Å². The highest BCUT2D eigenvalue weighted by atomic mass is 16.5. The SMILES string of the molecule is CCOc1cc2c(cc1OCC)[C@H]1CN(C)CC[C@H]1N=C2c1ccc(-c2nnn(C)n2)cc1. The van der Waals surface area contributed by atoms with E-state index in [4.69, 9.17) is 14.5 Å². The number of likely N-dealkylation sites (N-methyl/N-ethyl adjacent to an activating group) is 1. The van der Waals surface area contributed by atoms with Gasteiger partial charge in [0.25, 0.3) is 0 Å². The van der Waals surface area contributed by atoms with Crippen molar-refractivity contribution in [2.24, 2.45) is 12.0 Å². The number of aryl methyl sites for hydroxylation is 1. The fourth-order valence-electron chi connectivity index (χ4n) is 4.83. The highest BCUT2D eigenvalue weighted by molar-refractivity contribution is 6.15. The molecule has 0 aliphatic carbocycles. The number of aliphatic imine (C=N–C) groups is 1. The molecule has 0 N–H and O–H groups in total. The molecular weight excluding hydrogens is 416 g/mol. The third kappa shape index (κ3) is 4.11. The number of benzene rings is 2. The van der Waals surface area contributed by atoms with Gasteiger partial charge in [-0.05, 0) is 56.8 Å². The van der Waals surface area contributed by atoms with Gasteiger partial charge >= 0.3 is 0 Å². The summed E-state index contributed by atoms with van der Waals surface area (Å²) in [5, 5.41) is 12.4. The van der Waals surface area contributed by atoms with Crippen molar-refractivity contribution in [1.29, 1.82) is 0 Å². The lowest BCUT2D eigenvalue weighted by atomic mass is 9.79. The van der Waals surface area contributed by atoms with Gasteiger partial charge in [-0.1, -0.05) is 24.3 Å². The molecule has 0 spiro atoms. The maximum atomic E-state index is 5.97. The van der Waals surface area contributed by atoms with E-state index in [1.807, 2.05) is 26.0 Å². The Morgan fingerprint density at radius 1 is 0.970 bits per heavy atom. The average Bonchev–Trinajstić information content (AvgIpc) is 3.26. The van der Waals surface area contributed by atoms with Crippen molar-refractivity contribution >= 4 is 5.71 Å². The van der Waals surface area contributed by atoms with Crippen molar-refractivity contribution in [2.45, 2.75) is 32.2 Å². The van der Waals surface area contributed by atoms with Gasteiger partial charge in [0.05, 0.1) is 32.0 Å². The van der Waals surface area contributed by atoms with E-state index >= 15 is 0 Å². The molecule has 0 unspecified atom stereocenters. The minimum Gasteiger partial charge on any atom is -0.490 e. The molecule has 1 saturated heterocycles. The van der Waals surface area contributed by atoms with Crippen LogP contribution < -0.4 is 9.47 Å². The van der Waals surface area contributed by atoms with E-state index < -0.39 is 0 Å². The number of nitrogens with zero attached hydrogens (tertiary/aromatic N) is 6. The lowest BCUT2D eigenvalue weighted by Crippen LogP contribution is -2.41. The van der Waals surface area contributed by atoms with Gasteiger partial charge in [0, 0.05) is 29.2 Å². The van der Waals surface area contributed by atoms with Crippen molar-refractivity contribution < 1.29 is 9.47 Å². The maximum absolute atomic E-state index is 5.97. The van der Waals surface area contributed by atoms with Gasteiger partial charge in [-0.2, -0.15) is 4.80 Å². The number of tetrazole rings is 1. The minimum absolute atomic E-state index is 0.262. The van der Waals surface area contributed by atoms with E-state index in [1.54, 1.807) is 7.05 Å². The summed E-state index contributed by atoms with van der Waals surface area (Å²) < 4.78 is 11.9. The zero-order valence-corrected chi connectivity index (χ0v) is 19.7. The molecule has 1 aromatic heterocycles. The number of aromatic nitrogens is 4. The van der Waals surface area contributed by atoms with Gasteiger partial charge < -0.3 is 14.4 Å². The van der Waals surface area contributed by atoms with E-state index in [1.165, 1.54) is 10.4 Å². The highest BCUT2D eigenvalue weighted by Gasteiger charge is 2.36. The highest BCUT2D eigenvalue weighted by Crippen LogP contribution is 2.42. The standard InChI is InChI=1S/C25H30N6O2/c1-5-32-22-13-18-19(14-23(22)33-6-2)24(26-21-11-12-30(3)15-20(18)21)16-7-9-17(10-8-16)25-27-29-31(4)28-25/h7-10,13-14,20-21H,5-6,11-12,15H2,1-4H3/t20-,21-/m1/s1. The Bertz CT molecular complexity index is 1170. The number of ether oxygens (including phenoxy) is 2. The van der Waals surface area contributed by atoms with Gasteiger partial charge in [0.1, 0.15) is 0 Å². The van der Waals surface area contributed by atoms with E-state index in [0.29, 0.717) is 25.0 Å². The molecule has 8 heteroatoms. The van der Waals surface area contributed by atoms with Gasteiger partial charge in [-0.25, -0.2) is 0 Å². The fourth-order valence-corrected chi connectivity index (χ4v) is 4.83. The molecule has 3 aromatic rings.